The van der Waals surface area contributed by atoms with Gasteiger partial charge in [-0.1, -0.05) is 11.6 Å². The van der Waals surface area contributed by atoms with Crippen molar-refractivity contribution in [3.63, 3.8) is 0 Å². The van der Waals surface area contributed by atoms with Gasteiger partial charge in [-0.2, -0.15) is 0 Å². The third-order valence-electron chi connectivity index (χ3n) is 2.23. The molecule has 4 nitrogen and oxygen atoms in total. The molecule has 0 aliphatic rings. The zero-order valence-corrected chi connectivity index (χ0v) is 11.3. The number of ether oxygens (including phenoxy) is 1. The molecule has 8 heteroatoms. The number of sulfonamides is 1. The van der Waals surface area contributed by atoms with E-state index in [0.717, 1.165) is 12.1 Å². The first-order chi connectivity index (χ1) is 8.29. The molecule has 0 radical (unpaired) electrons. The van der Waals surface area contributed by atoms with E-state index in [1.54, 1.807) is 6.92 Å². The minimum Gasteiger partial charge on any atom is -0.380 e. The summed E-state index contributed by atoms with van der Waals surface area (Å²) < 4.78 is 57.0. The van der Waals surface area contributed by atoms with Crippen LogP contribution in [0.25, 0.3) is 0 Å². The molecule has 0 aliphatic carbocycles. The van der Waals surface area contributed by atoms with E-state index in [0.29, 0.717) is 0 Å². The molecule has 0 saturated heterocycles. The van der Waals surface area contributed by atoms with E-state index in [1.165, 1.54) is 7.11 Å². The van der Waals surface area contributed by atoms with Crippen molar-refractivity contribution >= 4 is 21.6 Å². The highest BCUT2D eigenvalue weighted by Crippen LogP contribution is 2.25. The average Bonchev–Trinajstić information content (AvgIpc) is 2.31. The summed E-state index contributed by atoms with van der Waals surface area (Å²) in [5.41, 5.74) is 0. The fourth-order valence-electron chi connectivity index (χ4n) is 1.14. The molecule has 0 fully saturated rings. The molecular weight excluding hydrogens is 288 g/mol. The Bertz CT molecular complexity index is 536. The lowest BCUT2D eigenvalue weighted by Crippen LogP contribution is -2.32. The Labute approximate surface area is 109 Å². The molecule has 0 unspecified atom stereocenters. The highest BCUT2D eigenvalue weighted by molar-refractivity contribution is 7.89. The summed E-state index contributed by atoms with van der Waals surface area (Å²) in [4.78, 5) is -0.896. The van der Waals surface area contributed by atoms with Crippen molar-refractivity contribution in [2.75, 3.05) is 13.7 Å². The lowest BCUT2D eigenvalue weighted by Gasteiger charge is -2.12. The van der Waals surface area contributed by atoms with Gasteiger partial charge in [0.2, 0.25) is 10.0 Å². The average molecular weight is 300 g/mol. The van der Waals surface area contributed by atoms with Crippen molar-refractivity contribution in [3.05, 3.63) is 28.8 Å². The SMILES string of the molecule is CO[C@@H](C)CNS(=O)(=O)c1c(Cl)ccc(F)c1F. The topological polar surface area (TPSA) is 55.4 Å². The number of nitrogens with one attached hydrogen (secondary N) is 1. The lowest BCUT2D eigenvalue weighted by molar-refractivity contribution is 0.122. The molecule has 0 heterocycles. The molecule has 1 rings (SSSR count). The molecule has 1 aromatic rings. The van der Waals surface area contributed by atoms with Crippen molar-refractivity contribution < 1.29 is 21.9 Å². The molecule has 0 saturated carbocycles. The Morgan fingerprint density at radius 2 is 2.06 bits per heavy atom. The Balaban J connectivity index is 3.09. The van der Waals surface area contributed by atoms with Crippen LogP contribution in [0.1, 0.15) is 6.92 Å². The predicted molar refractivity (Wildman–Crippen MR) is 63.0 cm³/mol. The predicted octanol–water partition coefficient (Wildman–Crippen LogP) is 1.93. The van der Waals surface area contributed by atoms with Gasteiger partial charge in [0, 0.05) is 13.7 Å². The lowest BCUT2D eigenvalue weighted by atomic mass is 10.3. The zero-order valence-electron chi connectivity index (χ0n) is 9.71. The molecule has 0 aromatic heterocycles. The van der Waals surface area contributed by atoms with E-state index >= 15 is 0 Å². The van der Waals surface area contributed by atoms with Crippen molar-refractivity contribution in [2.24, 2.45) is 0 Å². The standard InChI is InChI=1S/C10H12ClF2NO3S/c1-6(17-2)5-14-18(15,16)10-7(11)3-4-8(12)9(10)13/h3-4,6,14H,5H2,1-2H3/t6-/m0/s1. The molecule has 0 bridgehead atoms. The van der Waals surface area contributed by atoms with Crippen molar-refractivity contribution in [3.8, 4) is 0 Å². The van der Waals surface area contributed by atoms with Gasteiger partial charge in [-0.15, -0.1) is 0 Å². The second-order valence-electron chi connectivity index (χ2n) is 3.57. The van der Waals surface area contributed by atoms with Gasteiger partial charge in [0.1, 0.15) is 4.90 Å². The van der Waals surface area contributed by atoms with Gasteiger partial charge in [0.05, 0.1) is 11.1 Å². The summed E-state index contributed by atoms with van der Waals surface area (Å²) in [5, 5.41) is -0.383. The van der Waals surface area contributed by atoms with E-state index in [2.05, 4.69) is 4.72 Å². The van der Waals surface area contributed by atoms with Gasteiger partial charge >= 0.3 is 0 Å². The maximum Gasteiger partial charge on any atom is 0.245 e. The van der Waals surface area contributed by atoms with Gasteiger partial charge in [-0.05, 0) is 19.1 Å². The third-order valence-corrected chi connectivity index (χ3v) is 4.14. The van der Waals surface area contributed by atoms with Gasteiger partial charge in [0.25, 0.3) is 0 Å². The Morgan fingerprint density at radius 3 is 2.61 bits per heavy atom. The number of methoxy groups -OCH3 is 1. The largest absolute Gasteiger partial charge is 0.380 e. The number of hydrogen-bond acceptors (Lipinski definition) is 3. The maximum atomic E-state index is 13.5. The fraction of sp³-hybridized carbons (Fsp3) is 0.400. The van der Waals surface area contributed by atoms with Crippen LogP contribution in [-0.4, -0.2) is 28.2 Å². The highest BCUT2D eigenvalue weighted by atomic mass is 35.5. The second-order valence-corrected chi connectivity index (χ2v) is 5.68. The number of halogens is 3. The Morgan fingerprint density at radius 1 is 1.44 bits per heavy atom. The van der Waals surface area contributed by atoms with E-state index in [9.17, 15) is 17.2 Å². The fourth-order valence-corrected chi connectivity index (χ4v) is 2.84. The summed E-state index contributed by atoms with van der Waals surface area (Å²) in [6.07, 6.45) is -0.407. The van der Waals surface area contributed by atoms with Crippen LogP contribution < -0.4 is 4.72 Å². The van der Waals surface area contributed by atoms with Crippen LogP contribution >= 0.6 is 11.6 Å². The van der Waals surface area contributed by atoms with Crippen LogP contribution in [0.15, 0.2) is 17.0 Å². The van der Waals surface area contributed by atoms with Gasteiger partial charge < -0.3 is 4.74 Å². The zero-order chi connectivity index (χ0) is 13.9. The Kier molecular flexibility index (Phi) is 5.03. The summed E-state index contributed by atoms with van der Waals surface area (Å²) in [6.45, 7) is 1.54. The number of hydrogen-bond donors (Lipinski definition) is 1. The minimum absolute atomic E-state index is 0.0783. The van der Waals surface area contributed by atoms with Crippen LogP contribution in [-0.2, 0) is 14.8 Å². The number of rotatable bonds is 5. The smallest absolute Gasteiger partial charge is 0.245 e. The second kappa shape index (κ2) is 5.92. The van der Waals surface area contributed by atoms with Crippen molar-refractivity contribution in [1.29, 1.82) is 0 Å². The summed E-state index contributed by atoms with van der Waals surface area (Å²) in [5.74, 6) is -2.78. The van der Waals surface area contributed by atoms with E-state index in [4.69, 9.17) is 16.3 Å². The van der Waals surface area contributed by atoms with Crippen LogP contribution in [0.2, 0.25) is 5.02 Å². The molecule has 0 aliphatic heterocycles. The molecule has 1 aromatic carbocycles. The molecule has 18 heavy (non-hydrogen) atoms. The van der Waals surface area contributed by atoms with Crippen LogP contribution in [0.4, 0.5) is 8.78 Å². The van der Waals surface area contributed by atoms with Crippen LogP contribution in [0, 0.1) is 11.6 Å². The molecule has 1 N–H and O–H groups in total. The first kappa shape index (κ1) is 15.3. The van der Waals surface area contributed by atoms with E-state index in [1.807, 2.05) is 0 Å². The minimum atomic E-state index is -4.23. The third kappa shape index (κ3) is 3.38. The maximum absolute atomic E-state index is 13.5. The molecule has 0 amide bonds. The van der Waals surface area contributed by atoms with Crippen LogP contribution in [0.5, 0.6) is 0 Å². The van der Waals surface area contributed by atoms with Gasteiger partial charge in [-0.3, -0.25) is 0 Å². The Hall–Kier alpha value is -0.760. The van der Waals surface area contributed by atoms with E-state index in [-0.39, 0.29) is 11.6 Å². The first-order valence-electron chi connectivity index (χ1n) is 4.95. The number of benzene rings is 1. The molecule has 1 atom stereocenters. The first-order valence-corrected chi connectivity index (χ1v) is 6.81. The molecule has 0 spiro atoms. The molecule has 102 valence electrons. The van der Waals surface area contributed by atoms with Crippen molar-refractivity contribution in [2.45, 2.75) is 17.9 Å². The summed E-state index contributed by atoms with van der Waals surface area (Å²) in [6, 6.07) is 1.74. The van der Waals surface area contributed by atoms with Gasteiger partial charge in [-0.25, -0.2) is 21.9 Å². The normalized spacial score (nSPS) is 13.6. The monoisotopic (exact) mass is 299 g/mol. The van der Waals surface area contributed by atoms with Crippen molar-refractivity contribution in [1.82, 2.24) is 4.72 Å². The summed E-state index contributed by atoms with van der Waals surface area (Å²) in [7, 11) is -2.83. The van der Waals surface area contributed by atoms with Crippen LogP contribution in [0.3, 0.4) is 0 Å². The van der Waals surface area contributed by atoms with E-state index < -0.39 is 32.7 Å². The highest BCUT2D eigenvalue weighted by Gasteiger charge is 2.25. The molecular formula is C10H12ClF2NO3S. The quantitative estimate of drug-likeness (QED) is 0.845. The summed E-state index contributed by atoms with van der Waals surface area (Å²) >= 11 is 5.58. The van der Waals surface area contributed by atoms with Gasteiger partial charge in [0.15, 0.2) is 11.6 Å².